The van der Waals surface area contributed by atoms with Crippen molar-refractivity contribution in [2.75, 3.05) is 5.75 Å². The third kappa shape index (κ3) is 3.33. The average molecular weight is 291 g/mol. The minimum atomic E-state index is 0.0586. The van der Waals surface area contributed by atoms with E-state index in [1.165, 1.54) is 11.8 Å². The number of nitrogens with zero attached hydrogens (tertiary/aromatic N) is 2. The number of hydrogen-bond donors (Lipinski definition) is 1. The van der Waals surface area contributed by atoms with Gasteiger partial charge in [0.1, 0.15) is 0 Å². The zero-order valence-corrected chi connectivity index (χ0v) is 13.2. The van der Waals surface area contributed by atoms with Gasteiger partial charge in [-0.15, -0.1) is 0 Å². The van der Waals surface area contributed by atoms with E-state index in [0.29, 0.717) is 11.7 Å². The lowest BCUT2D eigenvalue weighted by Crippen LogP contribution is -2.37. The van der Waals surface area contributed by atoms with Crippen molar-refractivity contribution in [1.29, 1.82) is 0 Å². The summed E-state index contributed by atoms with van der Waals surface area (Å²) in [6, 6.07) is 8.19. The van der Waals surface area contributed by atoms with Crippen molar-refractivity contribution in [2.45, 2.75) is 32.0 Å². The lowest BCUT2D eigenvalue weighted by molar-refractivity contribution is -0.119. The Morgan fingerprint density at radius 3 is 2.70 bits per heavy atom. The molecule has 0 aliphatic rings. The third-order valence-corrected chi connectivity index (χ3v) is 4.50. The SMILES string of the molecule is CC(C)[C@H](C)NC(=O)CSc1nc2ccccc2n1C. The van der Waals surface area contributed by atoms with E-state index >= 15 is 0 Å². The Balaban J connectivity index is 1.99. The topological polar surface area (TPSA) is 46.9 Å². The van der Waals surface area contributed by atoms with E-state index < -0.39 is 0 Å². The molecule has 4 nitrogen and oxygen atoms in total. The number of imidazole rings is 1. The predicted molar refractivity (Wildman–Crippen MR) is 83.9 cm³/mol. The highest BCUT2D eigenvalue weighted by Gasteiger charge is 2.13. The highest BCUT2D eigenvalue weighted by molar-refractivity contribution is 7.99. The Bertz CT molecular complexity index is 606. The molecule has 1 N–H and O–H groups in total. The van der Waals surface area contributed by atoms with Crippen LogP contribution >= 0.6 is 11.8 Å². The van der Waals surface area contributed by atoms with Gasteiger partial charge in [-0.05, 0) is 25.0 Å². The minimum absolute atomic E-state index is 0.0586. The fourth-order valence-corrected chi connectivity index (χ4v) is 2.64. The normalized spacial score (nSPS) is 12.8. The molecule has 0 saturated carbocycles. The van der Waals surface area contributed by atoms with E-state index in [1.807, 2.05) is 42.8 Å². The summed E-state index contributed by atoms with van der Waals surface area (Å²) in [6.07, 6.45) is 0. The molecule has 1 aromatic carbocycles. The van der Waals surface area contributed by atoms with E-state index in [1.54, 1.807) is 0 Å². The van der Waals surface area contributed by atoms with Crippen molar-refractivity contribution in [2.24, 2.45) is 13.0 Å². The van der Waals surface area contributed by atoms with Crippen LogP contribution in [0.5, 0.6) is 0 Å². The zero-order valence-electron chi connectivity index (χ0n) is 12.4. The highest BCUT2D eigenvalue weighted by Crippen LogP contribution is 2.22. The first-order valence-electron chi connectivity index (χ1n) is 6.82. The van der Waals surface area contributed by atoms with Gasteiger partial charge in [0, 0.05) is 13.1 Å². The lowest BCUT2D eigenvalue weighted by Gasteiger charge is -2.17. The summed E-state index contributed by atoms with van der Waals surface area (Å²) < 4.78 is 2.03. The molecular formula is C15H21N3OS. The van der Waals surface area contributed by atoms with Gasteiger partial charge in [0.05, 0.1) is 16.8 Å². The number of para-hydroxylation sites is 2. The van der Waals surface area contributed by atoms with Crippen LogP contribution in [0.1, 0.15) is 20.8 Å². The number of nitrogens with one attached hydrogen (secondary N) is 1. The summed E-state index contributed by atoms with van der Waals surface area (Å²) in [4.78, 5) is 16.4. The number of thioether (sulfide) groups is 1. The number of aromatic nitrogens is 2. The molecule has 5 heteroatoms. The summed E-state index contributed by atoms with van der Waals surface area (Å²) in [6.45, 7) is 6.23. The molecule has 1 amide bonds. The first-order chi connectivity index (χ1) is 9.49. The van der Waals surface area contributed by atoms with Crippen LogP contribution in [0.25, 0.3) is 11.0 Å². The zero-order chi connectivity index (χ0) is 14.7. The van der Waals surface area contributed by atoms with Crippen LogP contribution in [0.3, 0.4) is 0 Å². The smallest absolute Gasteiger partial charge is 0.230 e. The van der Waals surface area contributed by atoms with E-state index in [9.17, 15) is 4.79 Å². The maximum Gasteiger partial charge on any atom is 0.230 e. The molecule has 0 aliphatic carbocycles. The van der Waals surface area contributed by atoms with Gasteiger partial charge >= 0.3 is 0 Å². The molecule has 20 heavy (non-hydrogen) atoms. The van der Waals surface area contributed by atoms with Gasteiger partial charge in [-0.2, -0.15) is 0 Å². The van der Waals surface area contributed by atoms with Crippen molar-refractivity contribution in [3.8, 4) is 0 Å². The lowest BCUT2D eigenvalue weighted by atomic mass is 10.1. The van der Waals surface area contributed by atoms with Crippen molar-refractivity contribution in [3.63, 3.8) is 0 Å². The highest BCUT2D eigenvalue weighted by atomic mass is 32.2. The van der Waals surface area contributed by atoms with Gasteiger partial charge in [-0.25, -0.2) is 4.98 Å². The van der Waals surface area contributed by atoms with Gasteiger partial charge < -0.3 is 9.88 Å². The van der Waals surface area contributed by atoms with E-state index in [2.05, 4.69) is 24.1 Å². The summed E-state index contributed by atoms with van der Waals surface area (Å²) in [5.41, 5.74) is 2.06. The van der Waals surface area contributed by atoms with Crippen LogP contribution in [-0.4, -0.2) is 27.3 Å². The second-order valence-corrected chi connectivity index (χ2v) is 6.27. The summed E-state index contributed by atoms with van der Waals surface area (Å²) in [5, 5.41) is 3.88. The van der Waals surface area contributed by atoms with E-state index in [0.717, 1.165) is 16.2 Å². The quantitative estimate of drug-likeness (QED) is 0.862. The van der Waals surface area contributed by atoms with Gasteiger partial charge in [-0.3, -0.25) is 4.79 Å². The van der Waals surface area contributed by atoms with Crippen LogP contribution in [0.2, 0.25) is 0 Å². The Morgan fingerprint density at radius 1 is 1.35 bits per heavy atom. The molecule has 0 unspecified atom stereocenters. The predicted octanol–water partition coefficient (Wildman–Crippen LogP) is 2.83. The molecule has 1 aromatic heterocycles. The first kappa shape index (κ1) is 14.9. The molecule has 1 atom stereocenters. The largest absolute Gasteiger partial charge is 0.353 e. The Hall–Kier alpha value is -1.49. The number of carbonyl (C=O) groups is 1. The van der Waals surface area contributed by atoms with Gasteiger partial charge in [0.25, 0.3) is 0 Å². The first-order valence-corrected chi connectivity index (χ1v) is 7.81. The summed E-state index contributed by atoms with van der Waals surface area (Å²) in [7, 11) is 1.98. The summed E-state index contributed by atoms with van der Waals surface area (Å²) >= 11 is 1.47. The van der Waals surface area contributed by atoms with Crippen molar-refractivity contribution < 1.29 is 4.79 Å². The maximum atomic E-state index is 11.9. The number of hydrogen-bond acceptors (Lipinski definition) is 3. The standard InChI is InChI=1S/C15H21N3OS/c1-10(2)11(3)16-14(19)9-20-15-17-12-7-5-6-8-13(12)18(15)4/h5-8,10-11H,9H2,1-4H3,(H,16,19)/t11-/m0/s1. The molecule has 108 valence electrons. The summed E-state index contributed by atoms with van der Waals surface area (Å²) in [5.74, 6) is 0.900. The molecule has 0 spiro atoms. The Morgan fingerprint density at radius 2 is 2.05 bits per heavy atom. The van der Waals surface area contributed by atoms with Crippen molar-refractivity contribution in [1.82, 2.24) is 14.9 Å². The molecule has 0 radical (unpaired) electrons. The number of amides is 1. The van der Waals surface area contributed by atoms with E-state index in [-0.39, 0.29) is 11.9 Å². The van der Waals surface area contributed by atoms with Crippen LogP contribution in [0, 0.1) is 5.92 Å². The third-order valence-electron chi connectivity index (χ3n) is 3.47. The fraction of sp³-hybridized carbons (Fsp3) is 0.467. The molecule has 2 aromatic rings. The van der Waals surface area contributed by atoms with Crippen LogP contribution in [-0.2, 0) is 11.8 Å². The molecule has 2 rings (SSSR count). The van der Waals surface area contributed by atoms with Gasteiger partial charge in [-0.1, -0.05) is 37.7 Å². The van der Waals surface area contributed by atoms with Gasteiger partial charge in [0.2, 0.25) is 5.91 Å². The maximum absolute atomic E-state index is 11.9. The van der Waals surface area contributed by atoms with Crippen LogP contribution in [0.4, 0.5) is 0 Å². The molecule has 0 saturated heterocycles. The number of fused-ring (bicyclic) bond motifs is 1. The molecular weight excluding hydrogens is 270 g/mol. The van der Waals surface area contributed by atoms with Crippen molar-refractivity contribution in [3.05, 3.63) is 24.3 Å². The number of benzene rings is 1. The Labute approximate surface area is 124 Å². The van der Waals surface area contributed by atoms with Crippen LogP contribution in [0.15, 0.2) is 29.4 Å². The number of aryl methyl sites for hydroxylation is 1. The number of carbonyl (C=O) groups excluding carboxylic acids is 1. The molecule has 0 bridgehead atoms. The van der Waals surface area contributed by atoms with Crippen molar-refractivity contribution >= 4 is 28.7 Å². The molecule has 0 aliphatic heterocycles. The fourth-order valence-electron chi connectivity index (χ4n) is 1.84. The minimum Gasteiger partial charge on any atom is -0.353 e. The van der Waals surface area contributed by atoms with Crippen LogP contribution < -0.4 is 5.32 Å². The van der Waals surface area contributed by atoms with Gasteiger partial charge in [0.15, 0.2) is 5.16 Å². The Kier molecular flexibility index (Phi) is 4.70. The van der Waals surface area contributed by atoms with E-state index in [4.69, 9.17) is 0 Å². The monoisotopic (exact) mass is 291 g/mol. The average Bonchev–Trinajstić information content (AvgIpc) is 2.73. The molecule has 1 heterocycles. The molecule has 0 fully saturated rings. The number of rotatable bonds is 5. The second-order valence-electron chi connectivity index (χ2n) is 5.33. The second kappa shape index (κ2) is 6.31.